The van der Waals surface area contributed by atoms with E-state index in [0.717, 1.165) is 18.4 Å². The van der Waals surface area contributed by atoms with Crippen LogP contribution in [0.4, 0.5) is 15.8 Å². The summed E-state index contributed by atoms with van der Waals surface area (Å²) < 4.78 is 23.5. The van der Waals surface area contributed by atoms with Gasteiger partial charge in [0.25, 0.3) is 5.69 Å². The predicted octanol–water partition coefficient (Wildman–Crippen LogP) is 3.68. The van der Waals surface area contributed by atoms with Gasteiger partial charge >= 0.3 is 5.97 Å². The van der Waals surface area contributed by atoms with E-state index < -0.39 is 10.9 Å². The maximum atomic E-state index is 13.3. The molecule has 1 heterocycles. The van der Waals surface area contributed by atoms with Crippen molar-refractivity contribution in [1.29, 1.82) is 0 Å². The molecule has 1 saturated heterocycles. The van der Waals surface area contributed by atoms with Gasteiger partial charge in [0.2, 0.25) is 0 Å². The second-order valence-corrected chi connectivity index (χ2v) is 6.73. The summed E-state index contributed by atoms with van der Waals surface area (Å²) in [6.07, 6.45) is 1.50. The summed E-state index contributed by atoms with van der Waals surface area (Å²) in [7, 11) is 1.18. The van der Waals surface area contributed by atoms with E-state index in [4.69, 9.17) is 4.74 Å². The van der Waals surface area contributed by atoms with Crippen molar-refractivity contribution in [2.45, 2.75) is 18.3 Å². The van der Waals surface area contributed by atoms with Crippen LogP contribution >= 0.6 is 0 Å². The molecule has 148 valence electrons. The quantitative estimate of drug-likeness (QED) is 0.461. The van der Waals surface area contributed by atoms with Crippen molar-refractivity contribution in [3.8, 4) is 0 Å². The van der Waals surface area contributed by atoms with Crippen LogP contribution in [-0.2, 0) is 14.9 Å². The minimum Gasteiger partial charge on any atom is -0.465 e. The Morgan fingerprint density at radius 3 is 2.54 bits per heavy atom. The third-order valence-electron chi connectivity index (χ3n) is 5.14. The Balaban J connectivity index is 1.86. The SMILES string of the molecule is COC(=O)c1cc(NCC2(c3ccc(F)cc3)CCOCC2)ccc1[N+](=O)[O-]. The van der Waals surface area contributed by atoms with Crippen molar-refractivity contribution in [2.75, 3.05) is 32.2 Å². The fraction of sp³-hybridized carbons (Fsp3) is 0.350. The molecule has 0 unspecified atom stereocenters. The average molecular weight is 388 g/mol. The van der Waals surface area contributed by atoms with Crippen LogP contribution in [0.5, 0.6) is 0 Å². The number of rotatable bonds is 6. The van der Waals surface area contributed by atoms with Crippen LogP contribution in [0.25, 0.3) is 0 Å². The molecule has 7 nitrogen and oxygen atoms in total. The van der Waals surface area contributed by atoms with Crippen molar-refractivity contribution in [1.82, 2.24) is 0 Å². The van der Waals surface area contributed by atoms with Gasteiger partial charge in [0.15, 0.2) is 0 Å². The molecule has 0 amide bonds. The number of esters is 1. The molecule has 1 N–H and O–H groups in total. The Morgan fingerprint density at radius 2 is 1.93 bits per heavy atom. The molecule has 2 aromatic carbocycles. The largest absolute Gasteiger partial charge is 0.465 e. The van der Waals surface area contributed by atoms with Crippen molar-refractivity contribution in [3.05, 3.63) is 69.5 Å². The van der Waals surface area contributed by atoms with Gasteiger partial charge < -0.3 is 14.8 Å². The zero-order valence-corrected chi connectivity index (χ0v) is 15.4. The molecule has 0 aliphatic carbocycles. The lowest BCUT2D eigenvalue weighted by Gasteiger charge is -2.38. The van der Waals surface area contributed by atoms with Gasteiger partial charge in [-0.3, -0.25) is 10.1 Å². The lowest BCUT2D eigenvalue weighted by molar-refractivity contribution is -0.385. The second kappa shape index (κ2) is 8.35. The fourth-order valence-electron chi connectivity index (χ4n) is 3.48. The highest BCUT2D eigenvalue weighted by Crippen LogP contribution is 2.35. The number of nitrogens with zero attached hydrogens (tertiary/aromatic N) is 1. The standard InChI is InChI=1S/C20H21FN2O5/c1-27-19(24)17-12-16(6-7-18(17)23(25)26)22-13-20(8-10-28-11-9-20)14-2-4-15(21)5-3-14/h2-7,12,22H,8-11,13H2,1H3. The number of carbonyl (C=O) groups excluding carboxylic acids is 1. The highest BCUT2D eigenvalue weighted by atomic mass is 19.1. The van der Waals surface area contributed by atoms with E-state index in [-0.39, 0.29) is 22.5 Å². The number of carbonyl (C=O) groups is 1. The predicted molar refractivity (Wildman–Crippen MR) is 101 cm³/mol. The Bertz CT molecular complexity index is 863. The minimum absolute atomic E-state index is 0.111. The summed E-state index contributed by atoms with van der Waals surface area (Å²) >= 11 is 0. The van der Waals surface area contributed by atoms with Gasteiger partial charge in [-0.05, 0) is 42.7 Å². The third kappa shape index (κ3) is 4.12. The third-order valence-corrected chi connectivity index (χ3v) is 5.14. The second-order valence-electron chi connectivity index (χ2n) is 6.73. The normalized spacial score (nSPS) is 15.6. The van der Waals surface area contributed by atoms with Gasteiger partial charge in [-0.15, -0.1) is 0 Å². The first kappa shape index (κ1) is 19.8. The van der Waals surface area contributed by atoms with Crippen LogP contribution < -0.4 is 5.32 Å². The molecule has 28 heavy (non-hydrogen) atoms. The molecule has 8 heteroatoms. The summed E-state index contributed by atoms with van der Waals surface area (Å²) in [4.78, 5) is 22.4. The molecule has 3 rings (SSSR count). The lowest BCUT2D eigenvalue weighted by atomic mass is 9.74. The molecule has 0 spiro atoms. The van der Waals surface area contributed by atoms with Crippen LogP contribution in [0, 0.1) is 15.9 Å². The van der Waals surface area contributed by atoms with Crippen LogP contribution in [0.2, 0.25) is 0 Å². The zero-order chi connectivity index (χ0) is 20.1. The first-order valence-electron chi connectivity index (χ1n) is 8.90. The smallest absolute Gasteiger partial charge is 0.344 e. The Kier molecular flexibility index (Phi) is 5.89. The number of nitro groups is 1. The number of methoxy groups -OCH3 is 1. The first-order valence-corrected chi connectivity index (χ1v) is 8.90. The summed E-state index contributed by atoms with van der Waals surface area (Å²) in [6, 6.07) is 10.7. The fourth-order valence-corrected chi connectivity index (χ4v) is 3.48. The molecule has 1 fully saturated rings. The van der Waals surface area contributed by atoms with E-state index in [1.165, 1.54) is 31.4 Å². The van der Waals surface area contributed by atoms with E-state index in [2.05, 4.69) is 10.1 Å². The zero-order valence-electron chi connectivity index (χ0n) is 15.4. The number of ether oxygens (including phenoxy) is 2. The summed E-state index contributed by atoms with van der Waals surface area (Å²) in [5.74, 6) is -1.06. The van der Waals surface area contributed by atoms with E-state index in [1.54, 1.807) is 18.2 Å². The van der Waals surface area contributed by atoms with E-state index in [0.29, 0.717) is 25.4 Å². The highest BCUT2D eigenvalue weighted by molar-refractivity contribution is 5.95. The molecule has 1 aliphatic heterocycles. The van der Waals surface area contributed by atoms with Crippen LogP contribution in [0.3, 0.4) is 0 Å². The van der Waals surface area contributed by atoms with Gasteiger partial charge in [0, 0.05) is 36.9 Å². The molecule has 0 radical (unpaired) electrons. The number of nitrogens with one attached hydrogen (secondary N) is 1. The number of anilines is 1. The van der Waals surface area contributed by atoms with Gasteiger partial charge in [-0.2, -0.15) is 0 Å². The summed E-state index contributed by atoms with van der Waals surface area (Å²) in [5, 5.41) is 14.4. The van der Waals surface area contributed by atoms with Crippen molar-refractivity contribution in [2.24, 2.45) is 0 Å². The molecule has 0 bridgehead atoms. The van der Waals surface area contributed by atoms with Gasteiger partial charge in [-0.1, -0.05) is 12.1 Å². The van der Waals surface area contributed by atoms with Gasteiger partial charge in [0.1, 0.15) is 11.4 Å². The molecular weight excluding hydrogens is 367 g/mol. The maximum absolute atomic E-state index is 13.3. The number of hydrogen-bond acceptors (Lipinski definition) is 6. The molecule has 0 saturated carbocycles. The maximum Gasteiger partial charge on any atom is 0.344 e. The molecule has 1 aliphatic rings. The summed E-state index contributed by atoms with van der Waals surface area (Å²) in [6.45, 7) is 1.69. The monoisotopic (exact) mass is 388 g/mol. The van der Waals surface area contributed by atoms with Crippen LogP contribution in [0.15, 0.2) is 42.5 Å². The minimum atomic E-state index is -0.769. The topological polar surface area (TPSA) is 90.7 Å². The molecule has 2 aromatic rings. The first-order chi connectivity index (χ1) is 13.4. The number of benzene rings is 2. The van der Waals surface area contributed by atoms with Crippen LogP contribution in [-0.4, -0.2) is 37.8 Å². The summed E-state index contributed by atoms with van der Waals surface area (Å²) in [5.41, 5.74) is 0.884. The number of hydrogen-bond donors (Lipinski definition) is 1. The lowest BCUT2D eigenvalue weighted by Crippen LogP contribution is -2.40. The highest BCUT2D eigenvalue weighted by Gasteiger charge is 2.34. The Hall–Kier alpha value is -3.00. The van der Waals surface area contributed by atoms with Crippen LogP contribution in [0.1, 0.15) is 28.8 Å². The van der Waals surface area contributed by atoms with Gasteiger partial charge in [0.05, 0.1) is 12.0 Å². The Labute approximate surface area is 161 Å². The van der Waals surface area contributed by atoms with E-state index >= 15 is 0 Å². The number of halogens is 1. The van der Waals surface area contributed by atoms with E-state index in [1.807, 2.05) is 0 Å². The van der Waals surface area contributed by atoms with Gasteiger partial charge in [-0.25, -0.2) is 9.18 Å². The Morgan fingerprint density at radius 1 is 1.25 bits per heavy atom. The van der Waals surface area contributed by atoms with Crippen molar-refractivity contribution < 1.29 is 23.6 Å². The average Bonchev–Trinajstić information content (AvgIpc) is 2.72. The molecule has 0 atom stereocenters. The van der Waals surface area contributed by atoms with Crippen molar-refractivity contribution >= 4 is 17.3 Å². The molecular formula is C20H21FN2O5. The number of nitro benzene ring substituents is 1. The molecule has 0 aromatic heterocycles. The van der Waals surface area contributed by atoms with E-state index in [9.17, 15) is 19.3 Å². The van der Waals surface area contributed by atoms with Crippen molar-refractivity contribution in [3.63, 3.8) is 0 Å².